The molecule has 2 rings (SSSR count). The van der Waals surface area contributed by atoms with Gasteiger partial charge in [0, 0.05) is 39.5 Å². The maximum absolute atomic E-state index is 4.98. The second-order valence-corrected chi connectivity index (χ2v) is 4.39. The van der Waals surface area contributed by atoms with E-state index in [4.69, 9.17) is 4.74 Å². The van der Waals surface area contributed by atoms with E-state index in [9.17, 15) is 0 Å². The SMILES string of the molecule is COCCNCc1ccc(N2CCCC2)nc1. The van der Waals surface area contributed by atoms with Crippen LogP contribution >= 0.6 is 0 Å². The van der Waals surface area contributed by atoms with E-state index in [0.717, 1.165) is 38.6 Å². The maximum Gasteiger partial charge on any atom is 0.128 e. The molecular formula is C13H21N3O. The van der Waals surface area contributed by atoms with Gasteiger partial charge >= 0.3 is 0 Å². The molecule has 4 heteroatoms. The summed E-state index contributed by atoms with van der Waals surface area (Å²) in [6.45, 7) is 4.79. The first-order valence-corrected chi connectivity index (χ1v) is 6.29. The number of anilines is 1. The van der Waals surface area contributed by atoms with Gasteiger partial charge in [-0.15, -0.1) is 0 Å². The van der Waals surface area contributed by atoms with E-state index in [1.165, 1.54) is 18.4 Å². The fraction of sp³-hybridized carbons (Fsp3) is 0.615. The number of nitrogens with one attached hydrogen (secondary N) is 1. The highest BCUT2D eigenvalue weighted by atomic mass is 16.5. The van der Waals surface area contributed by atoms with Crippen LogP contribution in [0.4, 0.5) is 5.82 Å². The molecule has 0 unspecified atom stereocenters. The number of aromatic nitrogens is 1. The van der Waals surface area contributed by atoms with E-state index in [-0.39, 0.29) is 0 Å². The summed E-state index contributed by atoms with van der Waals surface area (Å²) in [5.41, 5.74) is 1.23. The van der Waals surface area contributed by atoms with Crippen molar-refractivity contribution in [2.45, 2.75) is 19.4 Å². The lowest BCUT2D eigenvalue weighted by Crippen LogP contribution is -2.20. The highest BCUT2D eigenvalue weighted by Gasteiger charge is 2.12. The van der Waals surface area contributed by atoms with Crippen molar-refractivity contribution in [2.75, 3.05) is 38.3 Å². The van der Waals surface area contributed by atoms with Gasteiger partial charge in [-0.3, -0.25) is 0 Å². The minimum Gasteiger partial charge on any atom is -0.383 e. The van der Waals surface area contributed by atoms with E-state index in [0.29, 0.717) is 0 Å². The lowest BCUT2D eigenvalue weighted by atomic mass is 10.3. The van der Waals surface area contributed by atoms with Crippen LogP contribution in [0.1, 0.15) is 18.4 Å². The van der Waals surface area contributed by atoms with Crippen molar-refractivity contribution in [3.63, 3.8) is 0 Å². The monoisotopic (exact) mass is 235 g/mol. The zero-order valence-electron chi connectivity index (χ0n) is 10.5. The quantitative estimate of drug-likeness (QED) is 0.757. The smallest absolute Gasteiger partial charge is 0.128 e. The van der Waals surface area contributed by atoms with Crippen LogP contribution in [-0.4, -0.2) is 38.3 Å². The van der Waals surface area contributed by atoms with Crippen molar-refractivity contribution < 1.29 is 4.74 Å². The van der Waals surface area contributed by atoms with Gasteiger partial charge in [0.2, 0.25) is 0 Å². The molecule has 0 amide bonds. The standard InChI is InChI=1S/C13H21N3O/c1-17-9-6-14-10-12-4-5-13(15-11-12)16-7-2-3-8-16/h4-5,11,14H,2-3,6-10H2,1H3. The van der Waals surface area contributed by atoms with Crippen molar-refractivity contribution in [3.8, 4) is 0 Å². The summed E-state index contributed by atoms with van der Waals surface area (Å²) in [4.78, 5) is 6.86. The van der Waals surface area contributed by atoms with Crippen LogP contribution in [0.5, 0.6) is 0 Å². The normalized spacial score (nSPS) is 15.5. The van der Waals surface area contributed by atoms with Crippen LogP contribution in [0.15, 0.2) is 18.3 Å². The van der Waals surface area contributed by atoms with Gasteiger partial charge in [0.05, 0.1) is 6.61 Å². The molecule has 1 N–H and O–H groups in total. The number of hydrogen-bond acceptors (Lipinski definition) is 4. The molecule has 1 aliphatic rings. The highest BCUT2D eigenvalue weighted by Crippen LogP contribution is 2.17. The van der Waals surface area contributed by atoms with E-state index in [2.05, 4.69) is 27.3 Å². The van der Waals surface area contributed by atoms with E-state index in [1.807, 2.05) is 6.20 Å². The van der Waals surface area contributed by atoms with Gasteiger partial charge in [-0.25, -0.2) is 4.98 Å². The van der Waals surface area contributed by atoms with Gasteiger partial charge < -0.3 is 15.0 Å². The topological polar surface area (TPSA) is 37.4 Å². The van der Waals surface area contributed by atoms with Crippen LogP contribution in [0.3, 0.4) is 0 Å². The second kappa shape index (κ2) is 6.57. The third-order valence-electron chi connectivity index (χ3n) is 3.05. The van der Waals surface area contributed by atoms with Gasteiger partial charge in [-0.05, 0) is 24.5 Å². The van der Waals surface area contributed by atoms with Gasteiger partial charge in [-0.2, -0.15) is 0 Å². The molecule has 1 aliphatic heterocycles. The average molecular weight is 235 g/mol. The molecule has 2 heterocycles. The number of methoxy groups -OCH3 is 1. The summed E-state index contributed by atoms with van der Waals surface area (Å²) in [6, 6.07) is 4.28. The summed E-state index contributed by atoms with van der Waals surface area (Å²) >= 11 is 0. The third-order valence-corrected chi connectivity index (χ3v) is 3.05. The Morgan fingerprint density at radius 3 is 2.82 bits per heavy atom. The lowest BCUT2D eigenvalue weighted by molar-refractivity contribution is 0.199. The minimum atomic E-state index is 0.749. The molecule has 0 aliphatic carbocycles. The van der Waals surface area contributed by atoms with Crippen LogP contribution < -0.4 is 10.2 Å². The number of hydrogen-bond donors (Lipinski definition) is 1. The Morgan fingerprint density at radius 1 is 1.35 bits per heavy atom. The highest BCUT2D eigenvalue weighted by molar-refractivity contribution is 5.40. The molecule has 0 bridgehead atoms. The molecule has 17 heavy (non-hydrogen) atoms. The molecule has 1 saturated heterocycles. The average Bonchev–Trinajstić information content (AvgIpc) is 2.89. The van der Waals surface area contributed by atoms with E-state index >= 15 is 0 Å². The Balaban J connectivity index is 1.80. The van der Waals surface area contributed by atoms with Crippen LogP contribution in [-0.2, 0) is 11.3 Å². The van der Waals surface area contributed by atoms with Crippen LogP contribution in [0.25, 0.3) is 0 Å². The molecule has 1 aromatic heterocycles. The predicted octanol–water partition coefficient (Wildman–Crippen LogP) is 1.42. The van der Waals surface area contributed by atoms with E-state index < -0.39 is 0 Å². The lowest BCUT2D eigenvalue weighted by Gasteiger charge is -2.16. The zero-order valence-corrected chi connectivity index (χ0v) is 10.5. The van der Waals surface area contributed by atoms with Crippen LogP contribution in [0.2, 0.25) is 0 Å². The molecule has 0 aromatic carbocycles. The molecule has 0 radical (unpaired) electrons. The summed E-state index contributed by atoms with van der Waals surface area (Å²) < 4.78 is 4.98. The first-order valence-electron chi connectivity index (χ1n) is 6.29. The number of ether oxygens (including phenoxy) is 1. The number of pyridine rings is 1. The second-order valence-electron chi connectivity index (χ2n) is 4.39. The Labute approximate surface area is 103 Å². The fourth-order valence-corrected chi connectivity index (χ4v) is 2.06. The number of nitrogens with zero attached hydrogens (tertiary/aromatic N) is 2. The fourth-order valence-electron chi connectivity index (χ4n) is 2.06. The van der Waals surface area contributed by atoms with E-state index in [1.54, 1.807) is 7.11 Å². The molecule has 0 saturated carbocycles. The Kier molecular flexibility index (Phi) is 4.76. The maximum atomic E-state index is 4.98. The van der Waals surface area contributed by atoms with Gasteiger partial charge in [-0.1, -0.05) is 6.07 Å². The summed E-state index contributed by atoms with van der Waals surface area (Å²) in [5, 5.41) is 3.31. The van der Waals surface area contributed by atoms with Gasteiger partial charge in [0.15, 0.2) is 0 Å². The summed E-state index contributed by atoms with van der Waals surface area (Å²) in [5.74, 6) is 1.11. The molecule has 0 atom stereocenters. The summed E-state index contributed by atoms with van der Waals surface area (Å²) in [7, 11) is 1.72. The third kappa shape index (κ3) is 3.68. The largest absolute Gasteiger partial charge is 0.383 e. The first kappa shape index (κ1) is 12.3. The predicted molar refractivity (Wildman–Crippen MR) is 69.3 cm³/mol. The zero-order chi connectivity index (χ0) is 11.9. The Bertz CT molecular complexity index is 320. The molecule has 1 fully saturated rings. The van der Waals surface area contributed by atoms with Crippen molar-refractivity contribution in [3.05, 3.63) is 23.9 Å². The number of rotatable bonds is 6. The molecular weight excluding hydrogens is 214 g/mol. The van der Waals surface area contributed by atoms with Crippen molar-refractivity contribution in [1.29, 1.82) is 0 Å². The van der Waals surface area contributed by atoms with Crippen molar-refractivity contribution >= 4 is 5.82 Å². The van der Waals surface area contributed by atoms with Gasteiger partial charge in [0.1, 0.15) is 5.82 Å². The van der Waals surface area contributed by atoms with Crippen molar-refractivity contribution in [1.82, 2.24) is 10.3 Å². The van der Waals surface area contributed by atoms with Gasteiger partial charge in [0.25, 0.3) is 0 Å². The van der Waals surface area contributed by atoms with Crippen molar-refractivity contribution in [2.24, 2.45) is 0 Å². The Hall–Kier alpha value is -1.13. The molecule has 0 spiro atoms. The minimum absolute atomic E-state index is 0.749. The first-order chi connectivity index (χ1) is 8.40. The molecule has 4 nitrogen and oxygen atoms in total. The molecule has 94 valence electrons. The molecule has 1 aromatic rings. The summed E-state index contributed by atoms with van der Waals surface area (Å²) in [6.07, 6.45) is 4.55. The van der Waals surface area contributed by atoms with Crippen LogP contribution in [0, 0.1) is 0 Å². The Morgan fingerprint density at radius 2 is 2.18 bits per heavy atom.